The van der Waals surface area contributed by atoms with Crippen molar-refractivity contribution in [2.45, 2.75) is 45.3 Å². The largest absolute Gasteiger partial charge is 0.368 e. The van der Waals surface area contributed by atoms with Crippen molar-refractivity contribution in [3.8, 4) is 0 Å². The molecule has 1 aliphatic carbocycles. The van der Waals surface area contributed by atoms with Gasteiger partial charge in [-0.25, -0.2) is 9.38 Å². The van der Waals surface area contributed by atoms with Gasteiger partial charge in [-0.15, -0.1) is 0 Å². The van der Waals surface area contributed by atoms with Gasteiger partial charge in [0.05, 0.1) is 0 Å². The first-order valence-electron chi connectivity index (χ1n) is 7.04. The van der Waals surface area contributed by atoms with Gasteiger partial charge >= 0.3 is 0 Å². The number of hydrogen-bond donors (Lipinski definition) is 2. The molecule has 0 aromatic heterocycles. The molecule has 0 amide bonds. The highest BCUT2D eigenvalue weighted by Gasteiger charge is 2.48. The smallest absolute Gasteiger partial charge is 0.119 e. The first kappa shape index (κ1) is 14.3. The molecular formula is C15H24FN3. The van der Waals surface area contributed by atoms with Crippen LogP contribution in [0.1, 0.15) is 33.1 Å². The molecule has 1 saturated carbocycles. The Morgan fingerprint density at radius 2 is 2.26 bits per heavy atom. The molecule has 2 fully saturated rings. The van der Waals surface area contributed by atoms with E-state index in [0.29, 0.717) is 12.2 Å². The summed E-state index contributed by atoms with van der Waals surface area (Å²) in [5.41, 5.74) is 0.830. The Bertz CT molecular complexity index is 396. The summed E-state index contributed by atoms with van der Waals surface area (Å²) in [5.74, 6) is 0.635. The fourth-order valence-corrected chi connectivity index (χ4v) is 2.97. The van der Waals surface area contributed by atoms with Gasteiger partial charge in [0.15, 0.2) is 0 Å². The van der Waals surface area contributed by atoms with E-state index in [1.165, 1.54) is 0 Å². The lowest BCUT2D eigenvalue weighted by molar-refractivity contribution is -0.00308. The Balaban J connectivity index is 1.84. The number of nitrogens with one attached hydrogen (secondary N) is 2. The van der Waals surface area contributed by atoms with E-state index in [4.69, 9.17) is 0 Å². The molecule has 0 aromatic carbocycles. The maximum absolute atomic E-state index is 14.2. The van der Waals surface area contributed by atoms with Gasteiger partial charge in [-0.1, -0.05) is 12.7 Å². The Labute approximate surface area is 115 Å². The summed E-state index contributed by atoms with van der Waals surface area (Å²) in [6.07, 6.45) is 5.67. The predicted molar refractivity (Wildman–Crippen MR) is 78.0 cm³/mol. The topological polar surface area (TPSA) is 36.4 Å². The van der Waals surface area contributed by atoms with E-state index in [-0.39, 0.29) is 11.5 Å². The SMILES string of the molecule is C=C(/N=C(C)\C=C/C)NC1CCC2(CNC2)C(F)C1. The van der Waals surface area contributed by atoms with Gasteiger partial charge in [-0.2, -0.15) is 0 Å². The zero-order valence-corrected chi connectivity index (χ0v) is 11.9. The van der Waals surface area contributed by atoms with Gasteiger partial charge in [0.2, 0.25) is 0 Å². The lowest BCUT2D eigenvalue weighted by Gasteiger charge is -2.49. The van der Waals surface area contributed by atoms with Crippen LogP contribution in [0.2, 0.25) is 0 Å². The fraction of sp³-hybridized carbons (Fsp3) is 0.667. The number of alkyl halides is 1. The molecule has 19 heavy (non-hydrogen) atoms. The molecule has 2 rings (SSSR count). The van der Waals surface area contributed by atoms with Crippen LogP contribution in [0.25, 0.3) is 0 Å². The zero-order chi connectivity index (χ0) is 13.9. The van der Waals surface area contributed by atoms with Crippen LogP contribution in [0.4, 0.5) is 4.39 Å². The molecule has 2 N–H and O–H groups in total. The Morgan fingerprint density at radius 3 is 2.79 bits per heavy atom. The van der Waals surface area contributed by atoms with Crippen molar-refractivity contribution in [3.63, 3.8) is 0 Å². The summed E-state index contributed by atoms with van der Waals surface area (Å²) in [6.45, 7) is 9.45. The number of aliphatic imine (C=N–C) groups is 1. The Morgan fingerprint density at radius 1 is 1.53 bits per heavy atom. The molecule has 0 radical (unpaired) electrons. The molecule has 2 unspecified atom stereocenters. The van der Waals surface area contributed by atoms with Crippen molar-refractivity contribution in [1.82, 2.24) is 10.6 Å². The highest BCUT2D eigenvalue weighted by molar-refractivity contribution is 5.93. The second-order valence-corrected chi connectivity index (χ2v) is 5.75. The standard InChI is InChI=1S/C15H24FN3/c1-4-5-11(2)18-12(3)19-13-6-7-15(9-17-10-15)14(16)8-13/h4-5,13-14,17,19H,3,6-10H2,1-2H3/b5-4-,18-11-. The van der Waals surface area contributed by atoms with Crippen LogP contribution < -0.4 is 10.6 Å². The third-order valence-corrected chi connectivity index (χ3v) is 4.19. The maximum atomic E-state index is 14.2. The van der Waals surface area contributed by atoms with Crippen molar-refractivity contribution in [1.29, 1.82) is 0 Å². The highest BCUT2D eigenvalue weighted by Crippen LogP contribution is 2.41. The fourth-order valence-electron chi connectivity index (χ4n) is 2.97. The van der Waals surface area contributed by atoms with Gasteiger partial charge in [0.25, 0.3) is 0 Å². The maximum Gasteiger partial charge on any atom is 0.119 e. The first-order valence-corrected chi connectivity index (χ1v) is 7.04. The lowest BCUT2D eigenvalue weighted by Crippen LogP contribution is -2.61. The van der Waals surface area contributed by atoms with Gasteiger partial charge < -0.3 is 10.6 Å². The molecule has 0 bridgehead atoms. The number of hydrogen-bond acceptors (Lipinski definition) is 3. The van der Waals surface area contributed by atoms with E-state index < -0.39 is 6.17 Å². The van der Waals surface area contributed by atoms with Gasteiger partial charge in [0.1, 0.15) is 12.0 Å². The normalized spacial score (nSPS) is 30.4. The summed E-state index contributed by atoms with van der Waals surface area (Å²) in [5, 5.41) is 6.44. The minimum absolute atomic E-state index is 0.0797. The minimum atomic E-state index is -0.714. The number of nitrogens with zero attached hydrogens (tertiary/aromatic N) is 1. The second-order valence-electron chi connectivity index (χ2n) is 5.75. The molecule has 2 aliphatic rings. The molecule has 3 nitrogen and oxygen atoms in total. The third kappa shape index (κ3) is 3.24. The molecule has 1 spiro atoms. The summed E-state index contributed by atoms with van der Waals surface area (Å²) >= 11 is 0. The zero-order valence-electron chi connectivity index (χ0n) is 11.9. The summed E-state index contributed by atoms with van der Waals surface area (Å²) < 4.78 is 14.2. The van der Waals surface area contributed by atoms with Crippen molar-refractivity contribution in [2.75, 3.05) is 13.1 Å². The van der Waals surface area contributed by atoms with E-state index in [9.17, 15) is 4.39 Å². The summed E-state index contributed by atoms with van der Waals surface area (Å²) in [7, 11) is 0. The minimum Gasteiger partial charge on any atom is -0.368 e. The molecule has 106 valence electrons. The third-order valence-electron chi connectivity index (χ3n) is 4.19. The molecule has 4 heteroatoms. The van der Waals surface area contributed by atoms with Crippen LogP contribution in [0, 0.1) is 5.41 Å². The van der Waals surface area contributed by atoms with E-state index in [0.717, 1.165) is 31.6 Å². The van der Waals surface area contributed by atoms with Crippen molar-refractivity contribution < 1.29 is 4.39 Å². The van der Waals surface area contributed by atoms with Crippen LogP contribution >= 0.6 is 0 Å². The number of rotatable bonds is 4. The van der Waals surface area contributed by atoms with E-state index >= 15 is 0 Å². The first-order chi connectivity index (χ1) is 9.05. The van der Waals surface area contributed by atoms with E-state index in [2.05, 4.69) is 22.2 Å². The quantitative estimate of drug-likeness (QED) is 0.766. The van der Waals surface area contributed by atoms with Crippen LogP contribution in [0.5, 0.6) is 0 Å². The molecule has 1 saturated heterocycles. The van der Waals surface area contributed by atoms with E-state index in [1.54, 1.807) is 0 Å². The molecular weight excluding hydrogens is 241 g/mol. The van der Waals surface area contributed by atoms with Crippen LogP contribution in [0.15, 0.2) is 29.5 Å². The van der Waals surface area contributed by atoms with E-state index in [1.807, 2.05) is 26.0 Å². The molecule has 1 aliphatic heterocycles. The Hall–Kier alpha value is -1.16. The summed E-state index contributed by atoms with van der Waals surface area (Å²) in [4.78, 5) is 4.35. The van der Waals surface area contributed by atoms with Gasteiger partial charge in [0, 0.05) is 30.3 Å². The Kier molecular flexibility index (Phi) is 4.40. The van der Waals surface area contributed by atoms with Crippen LogP contribution in [0.3, 0.4) is 0 Å². The average molecular weight is 265 g/mol. The van der Waals surface area contributed by atoms with Gasteiger partial charge in [-0.05, 0) is 39.2 Å². The van der Waals surface area contributed by atoms with Crippen LogP contribution in [-0.2, 0) is 0 Å². The monoisotopic (exact) mass is 265 g/mol. The van der Waals surface area contributed by atoms with Gasteiger partial charge in [-0.3, -0.25) is 0 Å². The second kappa shape index (κ2) is 5.87. The van der Waals surface area contributed by atoms with Crippen LogP contribution in [-0.4, -0.2) is 31.0 Å². The number of allylic oxidation sites excluding steroid dienone is 2. The van der Waals surface area contributed by atoms with Crippen molar-refractivity contribution >= 4 is 5.71 Å². The number of halogens is 1. The average Bonchev–Trinajstić information content (AvgIpc) is 2.26. The van der Waals surface area contributed by atoms with Crippen molar-refractivity contribution in [2.24, 2.45) is 10.4 Å². The molecule has 1 heterocycles. The molecule has 2 atom stereocenters. The predicted octanol–water partition coefficient (Wildman–Crippen LogP) is 2.56. The highest BCUT2D eigenvalue weighted by atomic mass is 19.1. The molecule has 0 aromatic rings. The van der Waals surface area contributed by atoms with Crippen molar-refractivity contribution in [3.05, 3.63) is 24.6 Å². The lowest BCUT2D eigenvalue weighted by atomic mass is 9.67. The summed E-state index contributed by atoms with van der Waals surface area (Å²) in [6, 6.07) is 0.163.